The predicted octanol–water partition coefficient (Wildman–Crippen LogP) is 3.67. The number of unbranched alkanes of at least 4 members (excludes halogenated alkanes) is 2. The summed E-state index contributed by atoms with van der Waals surface area (Å²) in [6.07, 6.45) is 8.52. The Kier molecular flexibility index (Phi) is 8.11. The molecule has 1 heteroatoms. The summed E-state index contributed by atoms with van der Waals surface area (Å²) in [5, 5.41) is 9.80. The van der Waals surface area contributed by atoms with Gasteiger partial charge in [-0.25, -0.2) is 0 Å². The Balaban J connectivity index is 3.90. The molecule has 0 aromatic carbocycles. The first-order valence-electron chi connectivity index (χ1n) is 5.63. The van der Waals surface area contributed by atoms with Crippen LogP contribution in [-0.2, 0) is 0 Å². The van der Waals surface area contributed by atoms with Crippen molar-refractivity contribution in [3.63, 3.8) is 0 Å². The molecule has 13 heavy (non-hydrogen) atoms. The maximum absolute atomic E-state index is 9.80. The van der Waals surface area contributed by atoms with Crippen molar-refractivity contribution in [2.24, 2.45) is 0 Å². The van der Waals surface area contributed by atoms with E-state index < -0.39 is 0 Å². The molecule has 0 aliphatic heterocycles. The van der Waals surface area contributed by atoms with Crippen LogP contribution in [0.1, 0.15) is 59.3 Å². The van der Waals surface area contributed by atoms with Gasteiger partial charge in [-0.2, -0.15) is 0 Å². The molecule has 0 bridgehead atoms. The van der Waals surface area contributed by atoms with Crippen LogP contribution in [0, 0.1) is 0 Å². The zero-order valence-electron chi connectivity index (χ0n) is 9.34. The molecule has 0 saturated carbocycles. The third-order valence-electron chi connectivity index (χ3n) is 2.36. The van der Waals surface area contributed by atoms with Gasteiger partial charge in [0.25, 0.3) is 0 Å². The predicted molar refractivity (Wildman–Crippen MR) is 58.8 cm³/mol. The van der Waals surface area contributed by atoms with Gasteiger partial charge in [0.05, 0.1) is 6.10 Å². The maximum Gasteiger partial charge on any atom is 0.0750 e. The zero-order valence-corrected chi connectivity index (χ0v) is 9.34. The topological polar surface area (TPSA) is 20.2 Å². The minimum atomic E-state index is -0.184. The second-order valence-corrected chi connectivity index (χ2v) is 3.58. The lowest BCUT2D eigenvalue weighted by molar-refractivity contribution is 0.193. The molecule has 1 nitrogen and oxygen atoms in total. The molecule has 0 fully saturated rings. The number of aliphatic hydroxyl groups is 1. The molecular formula is C12H24O. The summed E-state index contributed by atoms with van der Waals surface area (Å²) >= 11 is 0. The summed E-state index contributed by atoms with van der Waals surface area (Å²) in [7, 11) is 0. The van der Waals surface area contributed by atoms with Crippen molar-refractivity contribution >= 4 is 0 Å². The molecule has 0 radical (unpaired) electrons. The lowest BCUT2D eigenvalue weighted by Gasteiger charge is -2.13. The van der Waals surface area contributed by atoms with Gasteiger partial charge < -0.3 is 5.11 Å². The monoisotopic (exact) mass is 184 g/mol. The molecular weight excluding hydrogens is 160 g/mol. The van der Waals surface area contributed by atoms with Gasteiger partial charge in [0.15, 0.2) is 0 Å². The molecule has 0 heterocycles. The highest BCUT2D eigenvalue weighted by Gasteiger charge is 2.07. The average Bonchev–Trinajstić information content (AvgIpc) is 2.16. The molecule has 0 saturated heterocycles. The van der Waals surface area contributed by atoms with Gasteiger partial charge in [-0.1, -0.05) is 46.1 Å². The van der Waals surface area contributed by atoms with Crippen LogP contribution in [0.2, 0.25) is 0 Å². The molecule has 0 rings (SSSR count). The van der Waals surface area contributed by atoms with E-state index in [2.05, 4.69) is 26.8 Å². The number of hydrogen-bond acceptors (Lipinski definition) is 1. The van der Waals surface area contributed by atoms with Crippen molar-refractivity contribution in [2.45, 2.75) is 65.4 Å². The fraction of sp³-hybridized carbons (Fsp3) is 0.833. The second-order valence-electron chi connectivity index (χ2n) is 3.58. The highest BCUT2D eigenvalue weighted by Crippen LogP contribution is 2.14. The van der Waals surface area contributed by atoms with Gasteiger partial charge in [-0.05, 0) is 24.8 Å². The summed E-state index contributed by atoms with van der Waals surface area (Å²) < 4.78 is 0. The Morgan fingerprint density at radius 1 is 1.23 bits per heavy atom. The highest BCUT2D eigenvalue weighted by atomic mass is 16.3. The van der Waals surface area contributed by atoms with Crippen LogP contribution in [0.25, 0.3) is 0 Å². The first kappa shape index (κ1) is 12.7. The standard InChI is InChI=1S/C12H24O/c1-4-7-9-11(6-3)12(13)10-8-5-2/h9,12-13H,4-8,10H2,1-3H3. The Morgan fingerprint density at radius 3 is 2.38 bits per heavy atom. The molecule has 0 aromatic heterocycles. The van der Waals surface area contributed by atoms with Crippen LogP contribution in [0.15, 0.2) is 11.6 Å². The van der Waals surface area contributed by atoms with E-state index in [-0.39, 0.29) is 6.10 Å². The van der Waals surface area contributed by atoms with E-state index in [0.717, 1.165) is 25.7 Å². The normalized spacial score (nSPS) is 14.6. The largest absolute Gasteiger partial charge is 0.389 e. The Hall–Kier alpha value is -0.300. The number of rotatable bonds is 7. The second kappa shape index (κ2) is 8.31. The molecule has 0 aliphatic carbocycles. The van der Waals surface area contributed by atoms with Crippen molar-refractivity contribution in [2.75, 3.05) is 0 Å². The van der Waals surface area contributed by atoms with E-state index in [1.165, 1.54) is 18.4 Å². The summed E-state index contributed by atoms with van der Waals surface area (Å²) in [5.41, 5.74) is 1.23. The van der Waals surface area contributed by atoms with Gasteiger partial charge in [0.2, 0.25) is 0 Å². The minimum Gasteiger partial charge on any atom is -0.389 e. The van der Waals surface area contributed by atoms with E-state index in [0.29, 0.717) is 0 Å². The lowest BCUT2D eigenvalue weighted by atomic mass is 10.0. The third-order valence-corrected chi connectivity index (χ3v) is 2.36. The van der Waals surface area contributed by atoms with Crippen LogP contribution in [0.4, 0.5) is 0 Å². The number of allylic oxidation sites excluding steroid dienone is 1. The van der Waals surface area contributed by atoms with Gasteiger partial charge in [0.1, 0.15) is 0 Å². The fourth-order valence-electron chi connectivity index (χ4n) is 1.43. The van der Waals surface area contributed by atoms with Crippen LogP contribution in [0.3, 0.4) is 0 Å². The van der Waals surface area contributed by atoms with E-state index in [9.17, 15) is 5.11 Å². The average molecular weight is 184 g/mol. The third kappa shape index (κ3) is 5.87. The Bertz CT molecular complexity index is 138. The smallest absolute Gasteiger partial charge is 0.0750 e. The summed E-state index contributed by atoms with van der Waals surface area (Å²) in [5.74, 6) is 0. The van der Waals surface area contributed by atoms with E-state index in [1.54, 1.807) is 0 Å². The highest BCUT2D eigenvalue weighted by molar-refractivity contribution is 5.07. The summed E-state index contributed by atoms with van der Waals surface area (Å²) in [6, 6.07) is 0. The van der Waals surface area contributed by atoms with Crippen LogP contribution >= 0.6 is 0 Å². The molecule has 0 amide bonds. The van der Waals surface area contributed by atoms with E-state index >= 15 is 0 Å². The summed E-state index contributed by atoms with van der Waals surface area (Å²) in [6.45, 7) is 6.45. The zero-order chi connectivity index (χ0) is 10.1. The quantitative estimate of drug-likeness (QED) is 0.598. The fourth-order valence-corrected chi connectivity index (χ4v) is 1.43. The van der Waals surface area contributed by atoms with E-state index in [1.807, 2.05) is 0 Å². The SMILES string of the molecule is CCCC=C(CC)C(O)CCCC. The van der Waals surface area contributed by atoms with Gasteiger partial charge in [0, 0.05) is 0 Å². The van der Waals surface area contributed by atoms with Crippen molar-refractivity contribution in [1.29, 1.82) is 0 Å². The molecule has 0 spiro atoms. The molecule has 1 N–H and O–H groups in total. The van der Waals surface area contributed by atoms with Gasteiger partial charge >= 0.3 is 0 Å². The number of hydrogen-bond donors (Lipinski definition) is 1. The molecule has 78 valence electrons. The van der Waals surface area contributed by atoms with Gasteiger partial charge in [-0.3, -0.25) is 0 Å². The van der Waals surface area contributed by atoms with Gasteiger partial charge in [-0.15, -0.1) is 0 Å². The molecule has 0 aromatic rings. The van der Waals surface area contributed by atoms with Crippen molar-refractivity contribution in [3.05, 3.63) is 11.6 Å². The Labute approximate surface area is 82.9 Å². The van der Waals surface area contributed by atoms with Crippen LogP contribution < -0.4 is 0 Å². The first-order valence-corrected chi connectivity index (χ1v) is 5.63. The molecule has 1 atom stereocenters. The minimum absolute atomic E-state index is 0.184. The van der Waals surface area contributed by atoms with Crippen molar-refractivity contribution in [1.82, 2.24) is 0 Å². The van der Waals surface area contributed by atoms with E-state index in [4.69, 9.17) is 0 Å². The lowest BCUT2D eigenvalue weighted by Crippen LogP contribution is -2.09. The van der Waals surface area contributed by atoms with Crippen LogP contribution in [0.5, 0.6) is 0 Å². The van der Waals surface area contributed by atoms with Crippen molar-refractivity contribution in [3.8, 4) is 0 Å². The molecule has 1 unspecified atom stereocenters. The Morgan fingerprint density at radius 2 is 1.92 bits per heavy atom. The number of aliphatic hydroxyl groups excluding tert-OH is 1. The van der Waals surface area contributed by atoms with Crippen LogP contribution in [-0.4, -0.2) is 11.2 Å². The summed E-state index contributed by atoms with van der Waals surface area (Å²) in [4.78, 5) is 0. The maximum atomic E-state index is 9.80. The van der Waals surface area contributed by atoms with Crippen molar-refractivity contribution < 1.29 is 5.11 Å². The first-order chi connectivity index (χ1) is 6.26. The molecule has 0 aliphatic rings.